The van der Waals surface area contributed by atoms with Gasteiger partial charge >= 0.3 is 5.69 Å². The van der Waals surface area contributed by atoms with E-state index in [1.165, 1.54) is 36.5 Å². The second-order valence-electron chi connectivity index (χ2n) is 6.33. The third-order valence-electron chi connectivity index (χ3n) is 4.46. The number of fused-ring (bicyclic) bond motifs is 1. The number of rotatable bonds is 4. The third-order valence-corrected chi connectivity index (χ3v) is 4.46. The number of carbonyl (C=O) groups is 2. The first-order chi connectivity index (χ1) is 12.7. The molecular formula is C18H19N5O4. The number of benzene rings is 1. The molecule has 0 saturated heterocycles. The molecule has 0 aliphatic heterocycles. The number of aromatic nitrogens is 4. The van der Waals surface area contributed by atoms with E-state index < -0.39 is 17.3 Å². The van der Waals surface area contributed by atoms with Gasteiger partial charge in [-0.2, -0.15) is 0 Å². The quantitative estimate of drug-likeness (QED) is 0.686. The second-order valence-corrected chi connectivity index (χ2v) is 6.33. The lowest BCUT2D eigenvalue weighted by molar-refractivity contribution is -0.114. The van der Waals surface area contributed by atoms with Crippen LogP contribution in [-0.4, -0.2) is 30.4 Å². The van der Waals surface area contributed by atoms with Gasteiger partial charge in [0.1, 0.15) is 0 Å². The van der Waals surface area contributed by atoms with Gasteiger partial charge in [0.2, 0.25) is 5.91 Å². The highest BCUT2D eigenvalue weighted by molar-refractivity contribution is 6.00. The summed E-state index contributed by atoms with van der Waals surface area (Å²) in [5.74, 6) is -0.423. The molecule has 0 saturated carbocycles. The molecule has 0 radical (unpaired) electrons. The van der Waals surface area contributed by atoms with Crippen LogP contribution in [0.5, 0.6) is 0 Å². The molecule has 0 spiro atoms. The first-order valence-electron chi connectivity index (χ1n) is 8.26. The molecule has 1 amide bonds. The molecule has 140 valence electrons. The Morgan fingerprint density at radius 2 is 1.70 bits per heavy atom. The predicted molar refractivity (Wildman–Crippen MR) is 100 cm³/mol. The summed E-state index contributed by atoms with van der Waals surface area (Å²) >= 11 is 0. The van der Waals surface area contributed by atoms with Crippen molar-refractivity contribution in [3.8, 4) is 0 Å². The maximum Gasteiger partial charge on any atom is 0.332 e. The Morgan fingerprint density at radius 1 is 1.07 bits per heavy atom. The first kappa shape index (κ1) is 18.3. The van der Waals surface area contributed by atoms with Crippen molar-refractivity contribution >= 4 is 28.5 Å². The van der Waals surface area contributed by atoms with Gasteiger partial charge in [-0.3, -0.25) is 23.5 Å². The van der Waals surface area contributed by atoms with Crippen LogP contribution in [0.4, 0.5) is 5.69 Å². The van der Waals surface area contributed by atoms with Crippen molar-refractivity contribution in [1.82, 2.24) is 18.7 Å². The smallest absolute Gasteiger partial charge is 0.326 e. The second kappa shape index (κ2) is 6.67. The molecule has 3 aromatic rings. The number of anilines is 1. The number of amides is 1. The zero-order valence-electron chi connectivity index (χ0n) is 15.4. The van der Waals surface area contributed by atoms with Gasteiger partial charge in [-0.15, -0.1) is 0 Å². The van der Waals surface area contributed by atoms with Crippen LogP contribution < -0.4 is 16.6 Å². The first-order valence-corrected chi connectivity index (χ1v) is 8.26. The highest BCUT2D eigenvalue weighted by Crippen LogP contribution is 2.19. The SMILES string of the molecule is CC(=O)Nc1ccc(C(=O)[C@@H](C)n2cnc3c2c(=O)n(C)c(=O)n3C)cc1. The standard InChI is InChI=1S/C18H19N5O4/c1-10(15(25)12-5-7-13(8-6-12)20-11(2)24)23-9-19-16-14(23)17(26)22(4)18(27)21(16)3/h5-10H,1-4H3,(H,20,24)/t10-/m1/s1. The van der Waals surface area contributed by atoms with Crippen LogP contribution in [0.2, 0.25) is 0 Å². The summed E-state index contributed by atoms with van der Waals surface area (Å²) in [6.45, 7) is 3.06. The molecule has 1 aromatic carbocycles. The Labute approximate surface area is 153 Å². The van der Waals surface area contributed by atoms with E-state index in [1.54, 1.807) is 31.2 Å². The highest BCUT2D eigenvalue weighted by atomic mass is 16.2. The van der Waals surface area contributed by atoms with Crippen LogP contribution in [-0.2, 0) is 18.9 Å². The van der Waals surface area contributed by atoms with Crippen LogP contribution in [0.3, 0.4) is 0 Å². The predicted octanol–water partition coefficient (Wildman–Crippen LogP) is 0.836. The minimum Gasteiger partial charge on any atom is -0.326 e. The fourth-order valence-electron chi connectivity index (χ4n) is 2.95. The molecule has 0 unspecified atom stereocenters. The van der Waals surface area contributed by atoms with Gasteiger partial charge in [0.25, 0.3) is 5.56 Å². The van der Waals surface area contributed by atoms with Gasteiger partial charge in [-0.1, -0.05) is 0 Å². The van der Waals surface area contributed by atoms with E-state index in [2.05, 4.69) is 10.3 Å². The monoisotopic (exact) mass is 369 g/mol. The molecule has 3 rings (SSSR count). The summed E-state index contributed by atoms with van der Waals surface area (Å²) in [5, 5.41) is 2.64. The Morgan fingerprint density at radius 3 is 2.30 bits per heavy atom. The average Bonchev–Trinajstić information content (AvgIpc) is 3.09. The summed E-state index contributed by atoms with van der Waals surface area (Å²) in [7, 11) is 2.91. The summed E-state index contributed by atoms with van der Waals surface area (Å²) in [4.78, 5) is 52.6. The van der Waals surface area contributed by atoms with Crippen LogP contribution in [0, 0.1) is 0 Å². The Hall–Kier alpha value is -3.49. The Kier molecular flexibility index (Phi) is 4.52. The summed E-state index contributed by atoms with van der Waals surface area (Å²) in [5.41, 5.74) is 0.444. The molecular weight excluding hydrogens is 350 g/mol. The number of ketones is 1. The molecule has 2 heterocycles. The molecule has 9 nitrogen and oxygen atoms in total. The lowest BCUT2D eigenvalue weighted by atomic mass is 10.0. The number of nitrogens with zero attached hydrogens (tertiary/aromatic N) is 4. The fraction of sp³-hybridized carbons (Fsp3) is 0.278. The minimum atomic E-state index is -0.702. The van der Waals surface area contributed by atoms with Gasteiger partial charge < -0.3 is 9.88 Å². The van der Waals surface area contributed by atoms with Crippen molar-refractivity contribution in [2.45, 2.75) is 19.9 Å². The van der Waals surface area contributed by atoms with E-state index >= 15 is 0 Å². The molecule has 2 aromatic heterocycles. The summed E-state index contributed by atoms with van der Waals surface area (Å²) < 4.78 is 3.73. The van der Waals surface area contributed by atoms with Gasteiger partial charge in [-0.25, -0.2) is 9.78 Å². The van der Waals surface area contributed by atoms with Crippen molar-refractivity contribution in [1.29, 1.82) is 0 Å². The number of imidazole rings is 1. The fourth-order valence-corrected chi connectivity index (χ4v) is 2.95. The zero-order chi connectivity index (χ0) is 19.9. The molecule has 1 atom stereocenters. The van der Waals surface area contributed by atoms with Crippen LogP contribution in [0.15, 0.2) is 40.2 Å². The lowest BCUT2D eigenvalue weighted by Gasteiger charge is -2.14. The Balaban J connectivity index is 2.02. The topological polar surface area (TPSA) is 108 Å². The molecule has 0 aliphatic carbocycles. The van der Waals surface area contributed by atoms with Crippen molar-refractivity contribution in [3.05, 3.63) is 57.0 Å². The van der Waals surface area contributed by atoms with E-state index in [0.717, 1.165) is 4.57 Å². The van der Waals surface area contributed by atoms with E-state index in [1.807, 2.05) is 0 Å². The van der Waals surface area contributed by atoms with Crippen LogP contribution in [0.25, 0.3) is 11.2 Å². The third kappa shape index (κ3) is 3.07. The maximum atomic E-state index is 12.9. The number of nitrogens with one attached hydrogen (secondary N) is 1. The van der Waals surface area contributed by atoms with E-state index in [0.29, 0.717) is 11.3 Å². The van der Waals surface area contributed by atoms with Crippen molar-refractivity contribution in [2.24, 2.45) is 14.1 Å². The van der Waals surface area contributed by atoms with E-state index in [4.69, 9.17) is 0 Å². The van der Waals surface area contributed by atoms with Gasteiger partial charge in [-0.05, 0) is 31.2 Å². The number of hydrogen-bond donors (Lipinski definition) is 1. The van der Waals surface area contributed by atoms with Gasteiger partial charge in [0, 0.05) is 32.3 Å². The average molecular weight is 369 g/mol. The molecule has 0 fully saturated rings. The highest BCUT2D eigenvalue weighted by Gasteiger charge is 2.22. The molecule has 9 heteroatoms. The van der Waals surface area contributed by atoms with Crippen LogP contribution >= 0.6 is 0 Å². The zero-order valence-corrected chi connectivity index (χ0v) is 15.4. The largest absolute Gasteiger partial charge is 0.332 e. The number of aryl methyl sites for hydroxylation is 1. The minimum absolute atomic E-state index is 0.190. The summed E-state index contributed by atoms with van der Waals surface area (Å²) in [6.07, 6.45) is 1.39. The van der Waals surface area contributed by atoms with Crippen molar-refractivity contribution < 1.29 is 9.59 Å². The van der Waals surface area contributed by atoms with Crippen LogP contribution in [0.1, 0.15) is 30.2 Å². The van der Waals surface area contributed by atoms with Crippen molar-refractivity contribution in [3.63, 3.8) is 0 Å². The van der Waals surface area contributed by atoms with E-state index in [-0.39, 0.29) is 22.9 Å². The Bertz CT molecular complexity index is 1170. The summed E-state index contributed by atoms with van der Waals surface area (Å²) in [6, 6.07) is 5.78. The number of Topliss-reactive ketones (excluding diaryl/α,β-unsaturated/α-hetero) is 1. The molecule has 27 heavy (non-hydrogen) atoms. The number of hydrogen-bond acceptors (Lipinski definition) is 5. The van der Waals surface area contributed by atoms with Gasteiger partial charge in [0.05, 0.1) is 12.4 Å². The van der Waals surface area contributed by atoms with Crippen molar-refractivity contribution in [2.75, 3.05) is 5.32 Å². The van der Waals surface area contributed by atoms with Gasteiger partial charge in [0.15, 0.2) is 16.9 Å². The maximum absolute atomic E-state index is 12.9. The lowest BCUT2D eigenvalue weighted by Crippen LogP contribution is -2.38. The normalized spacial score (nSPS) is 12.1. The molecule has 0 aliphatic rings. The van der Waals surface area contributed by atoms with E-state index in [9.17, 15) is 19.2 Å². The molecule has 0 bridgehead atoms. The molecule has 1 N–H and O–H groups in total. The number of carbonyl (C=O) groups excluding carboxylic acids is 2.